The number of carbonyl (C=O) groups excluding carboxylic acids is 1. The Morgan fingerprint density at radius 1 is 1.38 bits per heavy atom. The van der Waals surface area contributed by atoms with Gasteiger partial charge in [-0.2, -0.15) is 0 Å². The minimum absolute atomic E-state index is 0.199. The maximum atomic E-state index is 12.6. The summed E-state index contributed by atoms with van der Waals surface area (Å²) in [4.78, 5) is 14.9. The third-order valence-corrected chi connectivity index (χ3v) is 4.36. The van der Waals surface area contributed by atoms with Crippen LogP contribution in [-0.2, 0) is 4.74 Å². The van der Waals surface area contributed by atoms with Gasteiger partial charge in [-0.1, -0.05) is 12.7 Å². The monoisotopic (exact) mass is 326 g/mol. The number of rotatable bonds is 5. The van der Waals surface area contributed by atoms with Crippen LogP contribution in [0.2, 0.25) is 0 Å². The Balaban J connectivity index is 2.00. The van der Waals surface area contributed by atoms with E-state index in [1.54, 1.807) is 23.3 Å². The molecule has 0 spiro atoms. The predicted octanol–water partition coefficient (Wildman–Crippen LogP) is 2.99. The van der Waals surface area contributed by atoms with E-state index in [0.29, 0.717) is 11.6 Å². The molecule has 1 saturated heterocycles. The summed E-state index contributed by atoms with van der Waals surface area (Å²) in [5.74, 6) is -0.336. The zero-order chi connectivity index (χ0) is 16.9. The van der Waals surface area contributed by atoms with E-state index in [-0.39, 0.29) is 12.6 Å². The molecule has 126 valence electrons. The van der Waals surface area contributed by atoms with Gasteiger partial charge in [-0.05, 0) is 44.4 Å². The van der Waals surface area contributed by atoms with Gasteiger partial charge in [0.05, 0.1) is 11.3 Å². The molecule has 1 aliphatic heterocycles. The molecule has 0 saturated carbocycles. The number of ether oxygens (including phenoxy) is 1. The summed E-state index contributed by atoms with van der Waals surface area (Å²) >= 11 is 0. The Kier molecular flexibility index (Phi) is 4.93. The van der Waals surface area contributed by atoms with Crippen LogP contribution in [0.1, 0.15) is 36.5 Å². The van der Waals surface area contributed by atoms with Crippen molar-refractivity contribution >= 4 is 11.7 Å². The maximum absolute atomic E-state index is 12.6. The van der Waals surface area contributed by atoms with Gasteiger partial charge in [0.25, 0.3) is 0 Å². The van der Waals surface area contributed by atoms with E-state index in [1.165, 1.54) is 6.42 Å². The van der Waals surface area contributed by atoms with Crippen molar-refractivity contribution in [3.05, 3.63) is 49.1 Å². The summed E-state index contributed by atoms with van der Waals surface area (Å²) in [5, 5.41) is 7.64. The van der Waals surface area contributed by atoms with Crippen LogP contribution in [-0.4, -0.2) is 39.9 Å². The summed E-state index contributed by atoms with van der Waals surface area (Å²) in [7, 11) is 0. The molecule has 1 atom stereocenters. The Bertz CT molecular complexity index is 712. The number of benzene rings is 1. The molecule has 1 unspecified atom stereocenters. The molecule has 0 radical (unpaired) electrons. The van der Waals surface area contributed by atoms with Gasteiger partial charge in [0, 0.05) is 18.3 Å². The van der Waals surface area contributed by atoms with Crippen molar-refractivity contribution in [2.45, 2.75) is 32.2 Å². The van der Waals surface area contributed by atoms with Crippen molar-refractivity contribution in [1.82, 2.24) is 14.8 Å². The van der Waals surface area contributed by atoms with Gasteiger partial charge < -0.3 is 9.64 Å². The highest BCUT2D eigenvalue weighted by molar-refractivity contribution is 5.96. The average Bonchev–Trinajstić information content (AvgIpc) is 3.14. The molecule has 6 nitrogen and oxygen atoms in total. The van der Waals surface area contributed by atoms with Crippen molar-refractivity contribution < 1.29 is 9.53 Å². The van der Waals surface area contributed by atoms with Crippen LogP contribution >= 0.6 is 0 Å². The summed E-state index contributed by atoms with van der Waals surface area (Å²) in [6, 6.07) is 6.21. The van der Waals surface area contributed by atoms with Crippen LogP contribution in [0, 0.1) is 0 Å². The van der Waals surface area contributed by atoms with Crippen molar-refractivity contribution in [2.75, 3.05) is 18.1 Å². The number of anilines is 1. The zero-order valence-electron chi connectivity index (χ0n) is 13.9. The Morgan fingerprint density at radius 2 is 2.17 bits per heavy atom. The van der Waals surface area contributed by atoms with Gasteiger partial charge >= 0.3 is 5.97 Å². The fourth-order valence-corrected chi connectivity index (χ4v) is 3.10. The topological polar surface area (TPSA) is 60.3 Å². The van der Waals surface area contributed by atoms with Crippen LogP contribution < -0.4 is 4.90 Å². The molecule has 1 fully saturated rings. The van der Waals surface area contributed by atoms with Gasteiger partial charge in [0.2, 0.25) is 0 Å². The number of piperidine rings is 1. The second-order valence-electron chi connectivity index (χ2n) is 6.00. The van der Waals surface area contributed by atoms with Gasteiger partial charge in [-0.15, -0.1) is 10.2 Å². The van der Waals surface area contributed by atoms with Gasteiger partial charge in [0.15, 0.2) is 0 Å². The molecule has 1 aromatic heterocycles. The van der Waals surface area contributed by atoms with Gasteiger partial charge in [-0.3, -0.25) is 4.57 Å². The minimum atomic E-state index is -0.336. The van der Waals surface area contributed by atoms with E-state index >= 15 is 0 Å². The zero-order valence-corrected chi connectivity index (χ0v) is 13.9. The number of hydrogen-bond acceptors (Lipinski definition) is 5. The third-order valence-electron chi connectivity index (χ3n) is 4.36. The number of hydrogen-bond donors (Lipinski definition) is 0. The lowest BCUT2D eigenvalue weighted by atomic mass is 10.0. The number of esters is 1. The molecule has 6 heteroatoms. The van der Waals surface area contributed by atoms with E-state index in [9.17, 15) is 4.79 Å². The first-order valence-electron chi connectivity index (χ1n) is 8.24. The fraction of sp³-hybridized carbons (Fsp3) is 0.389. The van der Waals surface area contributed by atoms with Crippen molar-refractivity contribution in [3.63, 3.8) is 0 Å². The molecular weight excluding hydrogens is 304 g/mol. The summed E-state index contributed by atoms with van der Waals surface area (Å²) in [5.41, 5.74) is 2.32. The molecule has 2 heterocycles. The molecule has 2 aromatic rings. The molecule has 3 rings (SSSR count). The number of aromatic nitrogens is 3. The predicted molar refractivity (Wildman–Crippen MR) is 92.5 cm³/mol. The molecule has 0 N–H and O–H groups in total. The second kappa shape index (κ2) is 7.29. The smallest absolute Gasteiger partial charge is 0.340 e. The highest BCUT2D eigenvalue weighted by atomic mass is 16.5. The quantitative estimate of drug-likeness (QED) is 0.624. The van der Waals surface area contributed by atoms with Crippen LogP contribution in [0.5, 0.6) is 0 Å². The van der Waals surface area contributed by atoms with Crippen LogP contribution in [0.3, 0.4) is 0 Å². The Hall–Kier alpha value is -2.63. The lowest BCUT2D eigenvalue weighted by molar-refractivity contribution is 0.0550. The Morgan fingerprint density at radius 3 is 2.88 bits per heavy atom. The van der Waals surface area contributed by atoms with Crippen LogP contribution in [0.25, 0.3) is 5.69 Å². The number of nitrogens with zero attached hydrogens (tertiary/aromatic N) is 4. The van der Waals surface area contributed by atoms with Crippen molar-refractivity contribution in [2.24, 2.45) is 0 Å². The normalized spacial score (nSPS) is 17.5. The van der Waals surface area contributed by atoms with Gasteiger partial charge in [0.1, 0.15) is 19.3 Å². The fourth-order valence-electron chi connectivity index (χ4n) is 3.10. The van der Waals surface area contributed by atoms with E-state index in [1.807, 2.05) is 18.2 Å². The summed E-state index contributed by atoms with van der Waals surface area (Å²) in [6.45, 7) is 6.95. The summed E-state index contributed by atoms with van der Waals surface area (Å²) < 4.78 is 7.06. The lowest BCUT2D eigenvalue weighted by Gasteiger charge is -2.36. The maximum Gasteiger partial charge on any atom is 0.340 e. The van der Waals surface area contributed by atoms with Crippen molar-refractivity contribution in [3.8, 4) is 5.69 Å². The molecule has 1 aliphatic rings. The number of carbonyl (C=O) groups is 1. The molecule has 0 aliphatic carbocycles. The first-order valence-corrected chi connectivity index (χ1v) is 8.24. The molecule has 24 heavy (non-hydrogen) atoms. The standard InChI is InChI=1S/C18H22N4O2/c1-3-10-24-18(23)16-11-15(21-12-19-20-13-21)7-8-17(16)22-9-5-4-6-14(22)2/h3,7-8,11-14H,1,4-6,9-10H2,2H3. The second-order valence-corrected chi connectivity index (χ2v) is 6.00. The first kappa shape index (κ1) is 16.2. The van der Waals surface area contributed by atoms with E-state index in [4.69, 9.17) is 4.74 Å². The van der Waals surface area contributed by atoms with Crippen LogP contribution in [0.4, 0.5) is 5.69 Å². The van der Waals surface area contributed by atoms with E-state index < -0.39 is 0 Å². The minimum Gasteiger partial charge on any atom is -0.458 e. The highest BCUT2D eigenvalue weighted by Crippen LogP contribution is 2.30. The summed E-state index contributed by atoms with van der Waals surface area (Å²) in [6.07, 6.45) is 8.29. The average molecular weight is 326 g/mol. The van der Waals surface area contributed by atoms with Crippen molar-refractivity contribution in [1.29, 1.82) is 0 Å². The van der Waals surface area contributed by atoms with E-state index in [2.05, 4.69) is 28.6 Å². The highest BCUT2D eigenvalue weighted by Gasteiger charge is 2.24. The largest absolute Gasteiger partial charge is 0.458 e. The van der Waals surface area contributed by atoms with Gasteiger partial charge in [-0.25, -0.2) is 4.79 Å². The Labute approximate surface area is 141 Å². The first-order chi connectivity index (χ1) is 11.7. The molecular formula is C18H22N4O2. The van der Waals surface area contributed by atoms with Crippen LogP contribution in [0.15, 0.2) is 43.5 Å². The molecule has 0 bridgehead atoms. The molecule has 0 amide bonds. The lowest BCUT2D eigenvalue weighted by Crippen LogP contribution is -2.38. The van der Waals surface area contributed by atoms with E-state index in [0.717, 1.165) is 30.8 Å². The molecule has 1 aromatic carbocycles. The SMILES string of the molecule is C=CCOC(=O)c1cc(-n2cnnc2)ccc1N1CCCCC1C. The third kappa shape index (κ3) is 3.32.